The van der Waals surface area contributed by atoms with Gasteiger partial charge >= 0.3 is 0 Å². The van der Waals surface area contributed by atoms with Crippen LogP contribution in [0.2, 0.25) is 0 Å². The van der Waals surface area contributed by atoms with Crippen LogP contribution in [0.1, 0.15) is 12.8 Å². The lowest BCUT2D eigenvalue weighted by atomic mass is 9.86. The molecule has 0 bridgehead atoms. The summed E-state index contributed by atoms with van der Waals surface area (Å²) < 4.78 is 5.14. The summed E-state index contributed by atoms with van der Waals surface area (Å²) in [5.74, 6) is 1.06. The largest absolute Gasteiger partial charge is 0.497 e. The maximum absolute atomic E-state index is 12.2. The zero-order valence-electron chi connectivity index (χ0n) is 10.6. The van der Waals surface area contributed by atoms with Crippen molar-refractivity contribution >= 4 is 11.6 Å². The molecule has 0 aromatic heterocycles. The predicted molar refractivity (Wildman–Crippen MR) is 69.9 cm³/mol. The third-order valence-corrected chi connectivity index (χ3v) is 4.04. The Morgan fingerprint density at radius 1 is 1.33 bits per heavy atom. The van der Waals surface area contributed by atoms with Gasteiger partial charge in [0.1, 0.15) is 5.75 Å². The van der Waals surface area contributed by atoms with Crippen molar-refractivity contribution in [1.82, 2.24) is 5.32 Å². The summed E-state index contributed by atoms with van der Waals surface area (Å²) in [6.07, 6.45) is 1.78. The summed E-state index contributed by atoms with van der Waals surface area (Å²) in [6, 6.07) is 7.72. The highest BCUT2D eigenvalue weighted by molar-refractivity contribution is 5.96. The molecule has 2 aliphatic rings. The van der Waals surface area contributed by atoms with Crippen LogP contribution in [-0.2, 0) is 4.79 Å². The maximum atomic E-state index is 12.2. The number of nitrogens with one attached hydrogen (secondary N) is 1. The molecule has 1 amide bonds. The van der Waals surface area contributed by atoms with E-state index in [9.17, 15) is 4.79 Å². The molecule has 2 saturated heterocycles. The van der Waals surface area contributed by atoms with Crippen LogP contribution in [0.15, 0.2) is 24.3 Å². The highest BCUT2D eigenvalue weighted by Crippen LogP contribution is 2.39. The summed E-state index contributed by atoms with van der Waals surface area (Å²) in [5, 5.41) is 3.37. The van der Waals surface area contributed by atoms with Gasteiger partial charge in [0.15, 0.2) is 0 Å². The molecule has 1 N–H and O–H groups in total. The lowest BCUT2D eigenvalue weighted by molar-refractivity contribution is -0.117. The number of carbonyl (C=O) groups excluding carboxylic acids is 1. The first-order valence-corrected chi connectivity index (χ1v) is 6.38. The molecule has 3 rings (SSSR count). The van der Waals surface area contributed by atoms with Gasteiger partial charge in [-0.3, -0.25) is 4.79 Å². The average molecular weight is 246 g/mol. The van der Waals surface area contributed by atoms with Crippen LogP contribution < -0.4 is 15.0 Å². The van der Waals surface area contributed by atoms with E-state index in [4.69, 9.17) is 4.74 Å². The maximum Gasteiger partial charge on any atom is 0.227 e. The van der Waals surface area contributed by atoms with Gasteiger partial charge in [-0.1, -0.05) is 0 Å². The van der Waals surface area contributed by atoms with E-state index >= 15 is 0 Å². The Labute approximate surface area is 107 Å². The SMILES string of the molecule is COc1ccc(N2CC3(CCNC3)CC2=O)cc1. The molecule has 4 heteroatoms. The van der Waals surface area contributed by atoms with Gasteiger partial charge in [-0.15, -0.1) is 0 Å². The monoisotopic (exact) mass is 246 g/mol. The van der Waals surface area contributed by atoms with Gasteiger partial charge in [-0.05, 0) is 37.2 Å². The Hall–Kier alpha value is -1.55. The van der Waals surface area contributed by atoms with Gasteiger partial charge < -0.3 is 15.0 Å². The fourth-order valence-electron chi connectivity index (χ4n) is 2.97. The first-order valence-electron chi connectivity index (χ1n) is 6.38. The van der Waals surface area contributed by atoms with Crippen molar-refractivity contribution in [1.29, 1.82) is 0 Å². The van der Waals surface area contributed by atoms with Crippen LogP contribution >= 0.6 is 0 Å². The fraction of sp³-hybridized carbons (Fsp3) is 0.500. The number of hydrogen-bond acceptors (Lipinski definition) is 3. The van der Waals surface area contributed by atoms with Crippen LogP contribution in [0.3, 0.4) is 0 Å². The second-order valence-electron chi connectivity index (χ2n) is 5.28. The highest BCUT2D eigenvalue weighted by Gasteiger charge is 2.45. The average Bonchev–Trinajstić information content (AvgIpc) is 2.97. The summed E-state index contributed by atoms with van der Waals surface area (Å²) >= 11 is 0. The molecule has 0 aliphatic carbocycles. The lowest BCUT2D eigenvalue weighted by Gasteiger charge is -2.22. The molecule has 2 aliphatic heterocycles. The Morgan fingerprint density at radius 3 is 2.72 bits per heavy atom. The Morgan fingerprint density at radius 2 is 2.11 bits per heavy atom. The molecular formula is C14H18N2O2. The normalized spacial score (nSPS) is 27.2. The molecular weight excluding hydrogens is 228 g/mol. The van der Waals surface area contributed by atoms with Crippen LogP contribution in [-0.4, -0.2) is 32.7 Å². The van der Waals surface area contributed by atoms with Crippen LogP contribution in [0.5, 0.6) is 5.75 Å². The number of anilines is 1. The van der Waals surface area contributed by atoms with E-state index in [1.165, 1.54) is 0 Å². The molecule has 0 saturated carbocycles. The molecule has 1 aromatic carbocycles. The quantitative estimate of drug-likeness (QED) is 0.858. The number of amides is 1. The minimum Gasteiger partial charge on any atom is -0.497 e. The van der Waals surface area contributed by atoms with Crippen molar-refractivity contribution in [3.8, 4) is 5.75 Å². The minimum atomic E-state index is 0.164. The summed E-state index contributed by atoms with van der Waals surface area (Å²) in [5.41, 5.74) is 1.14. The zero-order valence-corrected chi connectivity index (χ0v) is 10.6. The summed E-state index contributed by atoms with van der Waals surface area (Å²) in [7, 11) is 1.65. The lowest BCUT2D eigenvalue weighted by Crippen LogP contribution is -2.29. The molecule has 4 nitrogen and oxygen atoms in total. The fourth-order valence-corrected chi connectivity index (χ4v) is 2.97. The van der Waals surface area contributed by atoms with Gasteiger partial charge in [0.2, 0.25) is 5.91 Å². The number of ether oxygens (including phenoxy) is 1. The van der Waals surface area contributed by atoms with Crippen molar-refractivity contribution in [3.05, 3.63) is 24.3 Å². The molecule has 0 radical (unpaired) electrons. The van der Waals surface area contributed by atoms with E-state index in [0.717, 1.165) is 37.5 Å². The Kier molecular flexibility index (Phi) is 2.74. The van der Waals surface area contributed by atoms with Crippen LogP contribution in [0.25, 0.3) is 0 Å². The first kappa shape index (κ1) is 11.5. The van der Waals surface area contributed by atoms with E-state index in [1.807, 2.05) is 29.2 Å². The van der Waals surface area contributed by atoms with E-state index < -0.39 is 0 Å². The van der Waals surface area contributed by atoms with Crippen molar-refractivity contribution < 1.29 is 9.53 Å². The molecule has 1 atom stereocenters. The summed E-state index contributed by atoms with van der Waals surface area (Å²) in [4.78, 5) is 14.1. The van der Waals surface area contributed by atoms with E-state index in [1.54, 1.807) is 7.11 Å². The van der Waals surface area contributed by atoms with Gasteiger partial charge in [-0.2, -0.15) is 0 Å². The van der Waals surface area contributed by atoms with E-state index in [0.29, 0.717) is 6.42 Å². The molecule has 2 heterocycles. The number of carbonyl (C=O) groups is 1. The number of nitrogens with zero attached hydrogens (tertiary/aromatic N) is 1. The number of methoxy groups -OCH3 is 1. The minimum absolute atomic E-state index is 0.164. The Bertz CT molecular complexity index is 449. The van der Waals surface area contributed by atoms with Crippen molar-refractivity contribution in [2.24, 2.45) is 5.41 Å². The van der Waals surface area contributed by atoms with Crippen LogP contribution in [0.4, 0.5) is 5.69 Å². The van der Waals surface area contributed by atoms with E-state index in [2.05, 4.69) is 5.32 Å². The van der Waals surface area contributed by atoms with Gasteiger partial charge in [0, 0.05) is 30.6 Å². The second kappa shape index (κ2) is 4.28. The van der Waals surface area contributed by atoms with Crippen molar-refractivity contribution in [2.75, 3.05) is 31.6 Å². The van der Waals surface area contributed by atoms with Crippen LogP contribution in [0, 0.1) is 5.41 Å². The van der Waals surface area contributed by atoms with Gasteiger partial charge in [0.25, 0.3) is 0 Å². The first-order chi connectivity index (χ1) is 8.72. The van der Waals surface area contributed by atoms with Gasteiger partial charge in [0.05, 0.1) is 7.11 Å². The predicted octanol–water partition coefficient (Wildman–Crippen LogP) is 1.41. The second-order valence-corrected chi connectivity index (χ2v) is 5.28. The summed E-state index contributed by atoms with van der Waals surface area (Å²) in [6.45, 7) is 2.83. The molecule has 1 spiro atoms. The number of rotatable bonds is 2. The Balaban J connectivity index is 1.81. The molecule has 18 heavy (non-hydrogen) atoms. The van der Waals surface area contributed by atoms with E-state index in [-0.39, 0.29) is 11.3 Å². The topological polar surface area (TPSA) is 41.6 Å². The zero-order chi connectivity index (χ0) is 12.6. The number of hydrogen-bond donors (Lipinski definition) is 1. The molecule has 1 aromatic rings. The molecule has 2 fully saturated rings. The molecule has 96 valence electrons. The third kappa shape index (κ3) is 1.86. The highest BCUT2D eigenvalue weighted by atomic mass is 16.5. The standard InChI is InChI=1S/C14H18N2O2/c1-18-12-4-2-11(3-5-12)16-10-14(8-13(16)17)6-7-15-9-14/h2-5,15H,6-10H2,1H3. The van der Waals surface area contributed by atoms with Gasteiger partial charge in [-0.25, -0.2) is 0 Å². The van der Waals surface area contributed by atoms with Crippen molar-refractivity contribution in [2.45, 2.75) is 12.8 Å². The van der Waals surface area contributed by atoms with Crippen molar-refractivity contribution in [3.63, 3.8) is 0 Å². The molecule has 1 unspecified atom stereocenters. The smallest absolute Gasteiger partial charge is 0.227 e. The number of benzene rings is 1. The third-order valence-electron chi connectivity index (χ3n) is 4.04.